The molecule has 2 aromatic rings. The van der Waals surface area contributed by atoms with Crippen molar-refractivity contribution in [2.45, 2.75) is 6.92 Å². The molecule has 3 amide bonds. The van der Waals surface area contributed by atoms with Gasteiger partial charge in [0, 0.05) is 0 Å². The molecule has 0 aliphatic rings. The zero-order chi connectivity index (χ0) is 16.3. The number of carbonyl (C=O) groups excluding carboxylic acids is 2. The summed E-state index contributed by atoms with van der Waals surface area (Å²) in [6, 6.07) is 5.80. The summed E-state index contributed by atoms with van der Waals surface area (Å²) in [6.07, 6.45) is 0. The third kappa shape index (κ3) is 3.43. The molecule has 7 heteroatoms. The molecular formula is C15H11F3N2O2. The van der Waals surface area contributed by atoms with E-state index in [-0.39, 0.29) is 5.69 Å². The summed E-state index contributed by atoms with van der Waals surface area (Å²) in [4.78, 5) is 23.3. The van der Waals surface area contributed by atoms with Gasteiger partial charge >= 0.3 is 6.03 Å². The van der Waals surface area contributed by atoms with Crippen LogP contribution in [-0.4, -0.2) is 11.9 Å². The molecular weight excluding hydrogens is 297 g/mol. The Bertz CT molecular complexity index is 727. The summed E-state index contributed by atoms with van der Waals surface area (Å²) in [6.45, 7) is 1.66. The fourth-order valence-corrected chi connectivity index (χ4v) is 1.76. The van der Waals surface area contributed by atoms with E-state index in [1.54, 1.807) is 18.3 Å². The lowest BCUT2D eigenvalue weighted by molar-refractivity contribution is 0.0959. The molecule has 0 saturated heterocycles. The van der Waals surface area contributed by atoms with Crippen LogP contribution < -0.4 is 10.6 Å². The van der Waals surface area contributed by atoms with Crippen molar-refractivity contribution in [3.05, 3.63) is 65.0 Å². The van der Waals surface area contributed by atoms with Gasteiger partial charge in [-0.25, -0.2) is 18.0 Å². The molecule has 0 bridgehead atoms. The lowest BCUT2D eigenvalue weighted by atomic mass is 10.2. The zero-order valence-corrected chi connectivity index (χ0v) is 11.4. The zero-order valence-electron chi connectivity index (χ0n) is 11.4. The van der Waals surface area contributed by atoms with Crippen molar-refractivity contribution in [2.75, 3.05) is 5.32 Å². The predicted molar refractivity (Wildman–Crippen MR) is 74.0 cm³/mol. The SMILES string of the molecule is Cc1ccc(NC(=O)NC(=O)c2c(F)cccc2F)c(F)c1. The molecule has 4 nitrogen and oxygen atoms in total. The highest BCUT2D eigenvalue weighted by atomic mass is 19.1. The van der Waals surface area contributed by atoms with Crippen LogP contribution >= 0.6 is 0 Å². The Balaban J connectivity index is 2.10. The second-order valence-corrected chi connectivity index (χ2v) is 4.49. The Morgan fingerprint density at radius 1 is 0.955 bits per heavy atom. The summed E-state index contributed by atoms with van der Waals surface area (Å²) in [5, 5.41) is 3.82. The van der Waals surface area contributed by atoms with Gasteiger partial charge in [0.1, 0.15) is 23.0 Å². The molecule has 2 aromatic carbocycles. The van der Waals surface area contributed by atoms with Crippen LogP contribution in [-0.2, 0) is 0 Å². The van der Waals surface area contributed by atoms with E-state index in [4.69, 9.17) is 0 Å². The molecule has 0 atom stereocenters. The second kappa shape index (κ2) is 6.30. The molecule has 0 aliphatic heterocycles. The summed E-state index contributed by atoms with van der Waals surface area (Å²) in [7, 11) is 0. The summed E-state index contributed by atoms with van der Waals surface area (Å²) in [5.74, 6) is -4.17. The van der Waals surface area contributed by atoms with Crippen molar-refractivity contribution < 1.29 is 22.8 Å². The van der Waals surface area contributed by atoms with E-state index in [2.05, 4.69) is 5.32 Å². The summed E-state index contributed by atoms with van der Waals surface area (Å²) in [5.41, 5.74) is -0.403. The smallest absolute Gasteiger partial charge is 0.305 e. The average molecular weight is 308 g/mol. The first-order valence-corrected chi connectivity index (χ1v) is 6.21. The van der Waals surface area contributed by atoms with Gasteiger partial charge in [0.05, 0.1) is 5.69 Å². The van der Waals surface area contributed by atoms with Gasteiger partial charge < -0.3 is 5.32 Å². The monoisotopic (exact) mass is 308 g/mol. The Hall–Kier alpha value is -2.83. The van der Waals surface area contributed by atoms with Crippen LogP contribution in [0.1, 0.15) is 15.9 Å². The van der Waals surface area contributed by atoms with E-state index in [0.717, 1.165) is 18.2 Å². The number of anilines is 1. The highest BCUT2D eigenvalue weighted by molar-refractivity contribution is 6.08. The molecule has 0 saturated carbocycles. The van der Waals surface area contributed by atoms with Gasteiger partial charge in [-0.2, -0.15) is 0 Å². The molecule has 22 heavy (non-hydrogen) atoms. The first-order valence-electron chi connectivity index (χ1n) is 6.21. The van der Waals surface area contributed by atoms with E-state index < -0.39 is 35.0 Å². The minimum absolute atomic E-state index is 0.162. The number of hydrogen-bond acceptors (Lipinski definition) is 2. The van der Waals surface area contributed by atoms with E-state index in [1.165, 1.54) is 12.1 Å². The van der Waals surface area contributed by atoms with Crippen molar-refractivity contribution in [1.82, 2.24) is 5.32 Å². The number of benzene rings is 2. The lowest BCUT2D eigenvalue weighted by Crippen LogP contribution is -2.35. The minimum Gasteiger partial charge on any atom is -0.305 e. The Morgan fingerprint density at radius 2 is 1.59 bits per heavy atom. The van der Waals surface area contributed by atoms with E-state index in [9.17, 15) is 22.8 Å². The van der Waals surface area contributed by atoms with Crippen molar-refractivity contribution >= 4 is 17.6 Å². The number of halogens is 3. The molecule has 2 N–H and O–H groups in total. The maximum Gasteiger partial charge on any atom is 0.326 e. The molecule has 0 aliphatic carbocycles. The number of imide groups is 1. The van der Waals surface area contributed by atoms with Crippen molar-refractivity contribution in [1.29, 1.82) is 0 Å². The van der Waals surface area contributed by atoms with Gasteiger partial charge in [-0.1, -0.05) is 12.1 Å². The summed E-state index contributed by atoms with van der Waals surface area (Å²) >= 11 is 0. The first-order chi connectivity index (χ1) is 10.4. The van der Waals surface area contributed by atoms with Crippen LogP contribution in [0.2, 0.25) is 0 Å². The van der Waals surface area contributed by atoms with Crippen LogP contribution in [0, 0.1) is 24.4 Å². The van der Waals surface area contributed by atoms with Gasteiger partial charge in [0.2, 0.25) is 0 Å². The molecule has 0 unspecified atom stereocenters. The highest BCUT2D eigenvalue weighted by Crippen LogP contribution is 2.15. The molecule has 114 valence electrons. The van der Waals surface area contributed by atoms with Gasteiger partial charge in [0.15, 0.2) is 0 Å². The van der Waals surface area contributed by atoms with Crippen LogP contribution in [0.25, 0.3) is 0 Å². The van der Waals surface area contributed by atoms with Crippen LogP contribution in [0.3, 0.4) is 0 Å². The Labute approximate surface area is 124 Å². The van der Waals surface area contributed by atoms with Crippen LogP contribution in [0.4, 0.5) is 23.7 Å². The Kier molecular flexibility index (Phi) is 4.45. The first kappa shape index (κ1) is 15.6. The number of hydrogen-bond donors (Lipinski definition) is 2. The number of amides is 3. The molecule has 2 rings (SSSR count). The molecule has 0 spiro atoms. The largest absolute Gasteiger partial charge is 0.326 e. The van der Waals surface area contributed by atoms with Gasteiger partial charge in [-0.05, 0) is 36.8 Å². The lowest BCUT2D eigenvalue weighted by Gasteiger charge is -2.09. The van der Waals surface area contributed by atoms with E-state index >= 15 is 0 Å². The van der Waals surface area contributed by atoms with Crippen molar-refractivity contribution in [3.8, 4) is 0 Å². The fraction of sp³-hybridized carbons (Fsp3) is 0.0667. The van der Waals surface area contributed by atoms with E-state index in [0.29, 0.717) is 5.56 Å². The normalized spacial score (nSPS) is 10.2. The quantitative estimate of drug-likeness (QED) is 0.893. The van der Waals surface area contributed by atoms with Gasteiger partial charge in [0.25, 0.3) is 5.91 Å². The number of rotatable bonds is 2. The van der Waals surface area contributed by atoms with Crippen LogP contribution in [0.15, 0.2) is 36.4 Å². The van der Waals surface area contributed by atoms with Crippen LogP contribution in [0.5, 0.6) is 0 Å². The highest BCUT2D eigenvalue weighted by Gasteiger charge is 2.19. The number of urea groups is 1. The van der Waals surface area contributed by atoms with Crippen molar-refractivity contribution in [3.63, 3.8) is 0 Å². The molecule has 0 radical (unpaired) electrons. The minimum atomic E-state index is -1.26. The maximum absolute atomic E-state index is 13.6. The van der Waals surface area contributed by atoms with Gasteiger partial charge in [-0.3, -0.25) is 10.1 Å². The van der Waals surface area contributed by atoms with Gasteiger partial charge in [-0.15, -0.1) is 0 Å². The Morgan fingerprint density at radius 3 is 2.18 bits per heavy atom. The number of carbonyl (C=O) groups is 2. The molecule has 0 fully saturated rings. The number of nitrogens with one attached hydrogen (secondary N) is 2. The maximum atomic E-state index is 13.6. The second-order valence-electron chi connectivity index (χ2n) is 4.49. The third-order valence-electron chi connectivity index (χ3n) is 2.79. The van der Waals surface area contributed by atoms with Crippen molar-refractivity contribution in [2.24, 2.45) is 0 Å². The predicted octanol–water partition coefficient (Wildman–Crippen LogP) is 3.37. The fourth-order valence-electron chi connectivity index (χ4n) is 1.76. The summed E-state index contributed by atoms with van der Waals surface area (Å²) < 4.78 is 40.3. The average Bonchev–Trinajstić information content (AvgIpc) is 2.41. The number of aryl methyl sites for hydroxylation is 1. The molecule has 0 heterocycles. The van der Waals surface area contributed by atoms with E-state index in [1.807, 2.05) is 0 Å². The topological polar surface area (TPSA) is 58.2 Å². The third-order valence-corrected chi connectivity index (χ3v) is 2.79. The molecule has 0 aromatic heterocycles. The standard InChI is InChI=1S/C15H11F3N2O2/c1-8-5-6-12(11(18)7-8)19-15(22)20-14(21)13-9(16)3-2-4-10(13)17/h2-7H,1H3,(H2,19,20,21,22).